The molecule has 1 aromatic rings. The summed E-state index contributed by atoms with van der Waals surface area (Å²) in [7, 11) is 0. The second-order valence-corrected chi connectivity index (χ2v) is 6.60. The molecule has 0 saturated heterocycles. The monoisotopic (exact) mass is 293 g/mol. The summed E-state index contributed by atoms with van der Waals surface area (Å²) < 4.78 is 14.0. The molecule has 2 heteroatoms. The molecule has 1 aromatic carbocycles. The Morgan fingerprint density at radius 2 is 1.81 bits per heavy atom. The second kappa shape index (κ2) is 9.19. The highest BCUT2D eigenvalue weighted by atomic mass is 19.1. The Bertz CT molecular complexity index is 396. The number of hydrogen-bond acceptors (Lipinski definition) is 1. The summed E-state index contributed by atoms with van der Waals surface area (Å²) in [6, 6.07) is 8.00. The molecule has 0 radical (unpaired) electrons. The van der Waals surface area contributed by atoms with Crippen molar-refractivity contribution in [3.05, 3.63) is 35.4 Å². The Morgan fingerprint density at radius 1 is 1.14 bits per heavy atom. The van der Waals surface area contributed by atoms with Gasteiger partial charge in [0.25, 0.3) is 0 Å². The van der Waals surface area contributed by atoms with E-state index < -0.39 is 6.17 Å². The van der Waals surface area contributed by atoms with Crippen molar-refractivity contribution in [1.29, 1.82) is 0 Å². The first-order valence-electron chi connectivity index (χ1n) is 8.47. The molecule has 1 nitrogen and oxygen atoms in total. The van der Waals surface area contributed by atoms with Crippen molar-refractivity contribution in [2.45, 2.75) is 71.9 Å². The Morgan fingerprint density at radius 3 is 2.38 bits per heavy atom. The van der Waals surface area contributed by atoms with Gasteiger partial charge in [0.2, 0.25) is 0 Å². The molecule has 0 amide bonds. The van der Waals surface area contributed by atoms with Crippen LogP contribution in [0.1, 0.15) is 76.6 Å². The highest BCUT2D eigenvalue weighted by molar-refractivity contribution is 5.25. The minimum atomic E-state index is -0.924. The van der Waals surface area contributed by atoms with Crippen LogP contribution < -0.4 is 5.73 Å². The highest BCUT2D eigenvalue weighted by Crippen LogP contribution is 2.34. The van der Waals surface area contributed by atoms with E-state index in [1.165, 1.54) is 37.7 Å². The summed E-state index contributed by atoms with van der Waals surface area (Å²) in [5.41, 5.74) is 7.91. The third-order valence-electron chi connectivity index (χ3n) is 4.46. The highest BCUT2D eigenvalue weighted by Gasteiger charge is 2.22. The Balaban J connectivity index is 2.67. The predicted molar refractivity (Wildman–Crippen MR) is 90.2 cm³/mol. The van der Waals surface area contributed by atoms with Crippen LogP contribution in [0.4, 0.5) is 4.39 Å². The van der Waals surface area contributed by atoms with Crippen molar-refractivity contribution in [1.82, 2.24) is 0 Å². The Kier molecular flexibility index (Phi) is 7.95. The molecule has 0 fully saturated rings. The number of aryl methyl sites for hydroxylation is 1. The molecular formula is C19H32FN. The summed E-state index contributed by atoms with van der Waals surface area (Å²) in [4.78, 5) is 0. The summed E-state index contributed by atoms with van der Waals surface area (Å²) in [6.07, 6.45) is 6.74. The first-order chi connectivity index (χ1) is 10.0. The second-order valence-electron chi connectivity index (χ2n) is 6.60. The number of benzene rings is 1. The van der Waals surface area contributed by atoms with Crippen LogP contribution in [-0.2, 0) is 6.42 Å². The van der Waals surface area contributed by atoms with E-state index in [1.807, 2.05) is 18.2 Å². The van der Waals surface area contributed by atoms with E-state index in [9.17, 15) is 4.39 Å². The van der Waals surface area contributed by atoms with Gasteiger partial charge in [0.1, 0.15) is 6.17 Å². The topological polar surface area (TPSA) is 26.0 Å². The lowest BCUT2D eigenvalue weighted by Gasteiger charge is -2.29. The molecule has 0 bridgehead atoms. The summed E-state index contributed by atoms with van der Waals surface area (Å²) in [6.45, 7) is 7.32. The van der Waals surface area contributed by atoms with Crippen molar-refractivity contribution in [2.75, 3.05) is 6.54 Å². The van der Waals surface area contributed by atoms with Gasteiger partial charge in [-0.1, -0.05) is 57.9 Å². The lowest BCUT2D eigenvalue weighted by molar-refractivity contribution is 0.244. The van der Waals surface area contributed by atoms with E-state index in [0.717, 1.165) is 12.0 Å². The molecule has 0 spiro atoms. The average Bonchev–Trinajstić information content (AvgIpc) is 2.46. The van der Waals surface area contributed by atoms with Crippen LogP contribution in [0.3, 0.4) is 0 Å². The van der Waals surface area contributed by atoms with Gasteiger partial charge in [0.15, 0.2) is 0 Å². The maximum Gasteiger partial charge on any atom is 0.126 e. The molecule has 0 aromatic heterocycles. The van der Waals surface area contributed by atoms with Crippen molar-refractivity contribution < 1.29 is 4.39 Å². The van der Waals surface area contributed by atoms with Crippen LogP contribution in [0.25, 0.3) is 0 Å². The van der Waals surface area contributed by atoms with E-state index in [1.54, 1.807) is 0 Å². The zero-order valence-electron chi connectivity index (χ0n) is 14.0. The van der Waals surface area contributed by atoms with Crippen LogP contribution in [-0.4, -0.2) is 6.54 Å². The smallest absolute Gasteiger partial charge is 0.126 e. The fourth-order valence-electron chi connectivity index (χ4n) is 3.28. The number of halogens is 1. The van der Waals surface area contributed by atoms with E-state index >= 15 is 0 Å². The molecule has 1 rings (SSSR count). The van der Waals surface area contributed by atoms with E-state index in [0.29, 0.717) is 18.4 Å². The van der Waals surface area contributed by atoms with E-state index in [-0.39, 0.29) is 0 Å². The lowest BCUT2D eigenvalue weighted by Crippen LogP contribution is -2.17. The molecule has 1 atom stereocenters. The quantitative estimate of drug-likeness (QED) is 0.598. The maximum absolute atomic E-state index is 14.0. The van der Waals surface area contributed by atoms with Gasteiger partial charge in [-0.05, 0) is 55.2 Å². The maximum atomic E-state index is 14.0. The van der Waals surface area contributed by atoms with Crippen molar-refractivity contribution in [2.24, 2.45) is 11.1 Å². The van der Waals surface area contributed by atoms with Crippen molar-refractivity contribution >= 4 is 0 Å². The Labute approximate surface area is 130 Å². The molecule has 2 N–H and O–H groups in total. The molecule has 0 saturated carbocycles. The van der Waals surface area contributed by atoms with Crippen molar-refractivity contribution in [3.8, 4) is 0 Å². The van der Waals surface area contributed by atoms with Crippen LogP contribution in [0.15, 0.2) is 24.3 Å². The molecular weight excluding hydrogens is 261 g/mol. The van der Waals surface area contributed by atoms with Gasteiger partial charge in [-0.15, -0.1) is 0 Å². The van der Waals surface area contributed by atoms with Gasteiger partial charge in [-0.2, -0.15) is 0 Å². The molecule has 0 aliphatic carbocycles. The summed E-state index contributed by atoms with van der Waals surface area (Å²) >= 11 is 0. The number of nitrogens with two attached hydrogens (primary N) is 1. The third-order valence-corrected chi connectivity index (χ3v) is 4.46. The molecule has 1 unspecified atom stereocenters. The van der Waals surface area contributed by atoms with Crippen molar-refractivity contribution in [3.63, 3.8) is 0 Å². The number of alkyl halides is 1. The molecule has 0 heterocycles. The van der Waals surface area contributed by atoms with Gasteiger partial charge in [-0.25, -0.2) is 4.39 Å². The van der Waals surface area contributed by atoms with Gasteiger partial charge in [-0.3, -0.25) is 0 Å². The minimum Gasteiger partial charge on any atom is -0.330 e. The van der Waals surface area contributed by atoms with Gasteiger partial charge < -0.3 is 5.73 Å². The zero-order chi connectivity index (χ0) is 15.7. The molecule has 0 aliphatic rings. The third kappa shape index (κ3) is 6.17. The first-order valence-corrected chi connectivity index (χ1v) is 8.47. The predicted octanol–water partition coefficient (Wildman–Crippen LogP) is 5.59. The zero-order valence-corrected chi connectivity index (χ0v) is 14.0. The lowest BCUT2D eigenvalue weighted by atomic mass is 9.76. The summed E-state index contributed by atoms with van der Waals surface area (Å²) in [5, 5.41) is 0. The van der Waals surface area contributed by atoms with Gasteiger partial charge in [0, 0.05) is 0 Å². The minimum absolute atomic E-state index is 0.399. The molecule has 120 valence electrons. The molecule has 21 heavy (non-hydrogen) atoms. The van der Waals surface area contributed by atoms with Gasteiger partial charge in [0.05, 0.1) is 0 Å². The van der Waals surface area contributed by atoms with Crippen LogP contribution >= 0.6 is 0 Å². The summed E-state index contributed by atoms with van der Waals surface area (Å²) in [5.74, 6) is 0. The SMILES string of the molecule is CCCC(C)(CCC)CCc1cccc(C(F)CCN)c1. The van der Waals surface area contributed by atoms with Crippen LogP contribution in [0, 0.1) is 5.41 Å². The normalized spacial score (nSPS) is 13.4. The standard InChI is InChI=1S/C19H32FN/c1-4-11-19(3,12-5-2)13-9-16-7-6-8-17(15-16)18(20)10-14-21/h6-8,15,18H,4-5,9-14,21H2,1-3H3. The first kappa shape index (κ1) is 18.2. The average molecular weight is 293 g/mol. The van der Waals surface area contributed by atoms with Crippen LogP contribution in [0.5, 0.6) is 0 Å². The Hall–Kier alpha value is -0.890. The number of rotatable bonds is 10. The molecule has 0 aliphatic heterocycles. The van der Waals surface area contributed by atoms with Gasteiger partial charge >= 0.3 is 0 Å². The van der Waals surface area contributed by atoms with E-state index in [2.05, 4.69) is 26.8 Å². The fourth-order valence-corrected chi connectivity index (χ4v) is 3.28. The van der Waals surface area contributed by atoms with Crippen LogP contribution in [0.2, 0.25) is 0 Å². The van der Waals surface area contributed by atoms with E-state index in [4.69, 9.17) is 5.73 Å². The fraction of sp³-hybridized carbons (Fsp3) is 0.684. The number of hydrogen-bond donors (Lipinski definition) is 1. The largest absolute Gasteiger partial charge is 0.330 e.